The van der Waals surface area contributed by atoms with Crippen molar-refractivity contribution in [2.45, 2.75) is 57.5 Å². The van der Waals surface area contributed by atoms with Gasteiger partial charge in [-0.1, -0.05) is 6.92 Å². The predicted molar refractivity (Wildman–Crippen MR) is 74.9 cm³/mol. The van der Waals surface area contributed by atoms with Crippen molar-refractivity contribution < 1.29 is 5.11 Å². The van der Waals surface area contributed by atoms with Gasteiger partial charge in [0.25, 0.3) is 0 Å². The molecule has 1 nitrogen and oxygen atoms in total. The number of hydrogen-bond acceptors (Lipinski definition) is 2. The zero-order valence-corrected chi connectivity index (χ0v) is 11.9. The van der Waals surface area contributed by atoms with E-state index in [-0.39, 0.29) is 11.5 Å². The molecule has 0 aliphatic heterocycles. The molecule has 4 rings (SSSR count). The Morgan fingerprint density at radius 1 is 1.28 bits per heavy atom. The molecule has 1 N–H and O–H groups in total. The first-order valence-electron chi connectivity index (χ1n) is 7.44. The molecular weight excluding hydrogens is 240 g/mol. The standard InChI is InChI=1S/C16H22OS/c1-16-8-6-10-11(13(16)3-5-15(16)17)2-4-14-12(10)7-9-18-14/h7,9-11,13,15,17H,2-6,8H2,1H3/t10-,11+,13-,15-,16-/m0/s1. The summed E-state index contributed by atoms with van der Waals surface area (Å²) < 4.78 is 0. The fraction of sp³-hybridized carbons (Fsp3) is 0.750. The highest BCUT2D eigenvalue weighted by atomic mass is 32.1. The molecule has 98 valence electrons. The number of hydrogen-bond donors (Lipinski definition) is 1. The molecule has 0 radical (unpaired) electrons. The second-order valence-electron chi connectivity index (χ2n) is 6.85. The topological polar surface area (TPSA) is 20.2 Å². The van der Waals surface area contributed by atoms with Gasteiger partial charge in [-0.05, 0) is 78.7 Å². The van der Waals surface area contributed by atoms with Crippen LogP contribution in [0.5, 0.6) is 0 Å². The number of thiophene rings is 1. The van der Waals surface area contributed by atoms with Crippen molar-refractivity contribution in [3.8, 4) is 0 Å². The van der Waals surface area contributed by atoms with Crippen molar-refractivity contribution in [3.05, 3.63) is 21.9 Å². The van der Waals surface area contributed by atoms with E-state index in [4.69, 9.17) is 0 Å². The van der Waals surface area contributed by atoms with E-state index in [1.54, 1.807) is 10.4 Å². The number of aryl methyl sites for hydroxylation is 1. The van der Waals surface area contributed by atoms with Crippen LogP contribution in [0.2, 0.25) is 0 Å². The summed E-state index contributed by atoms with van der Waals surface area (Å²) in [7, 11) is 0. The average molecular weight is 262 g/mol. The fourth-order valence-electron chi connectivity index (χ4n) is 5.23. The van der Waals surface area contributed by atoms with Gasteiger partial charge in [-0.25, -0.2) is 0 Å². The summed E-state index contributed by atoms with van der Waals surface area (Å²) in [6.45, 7) is 2.36. The SMILES string of the molecule is C[C@]12CC[C@@H]3c4ccsc4CC[C@H]3[C@@H]1CC[C@@H]2O. The molecule has 1 heterocycles. The monoisotopic (exact) mass is 262 g/mol. The Morgan fingerprint density at radius 2 is 2.17 bits per heavy atom. The second kappa shape index (κ2) is 3.83. The van der Waals surface area contributed by atoms with Gasteiger partial charge < -0.3 is 5.11 Å². The molecule has 18 heavy (non-hydrogen) atoms. The van der Waals surface area contributed by atoms with Crippen molar-refractivity contribution in [2.75, 3.05) is 0 Å². The van der Waals surface area contributed by atoms with E-state index in [1.807, 2.05) is 11.3 Å². The first kappa shape index (κ1) is 11.5. The number of aliphatic hydroxyl groups is 1. The van der Waals surface area contributed by atoms with E-state index in [0.29, 0.717) is 0 Å². The summed E-state index contributed by atoms with van der Waals surface area (Å²) in [5.41, 5.74) is 1.90. The summed E-state index contributed by atoms with van der Waals surface area (Å²) in [5, 5.41) is 12.6. The Balaban J connectivity index is 1.71. The molecule has 0 spiro atoms. The average Bonchev–Trinajstić information content (AvgIpc) is 2.94. The highest BCUT2D eigenvalue weighted by Crippen LogP contribution is 2.61. The summed E-state index contributed by atoms with van der Waals surface area (Å²) in [4.78, 5) is 1.65. The molecular formula is C16H22OS. The van der Waals surface area contributed by atoms with Crippen LogP contribution in [0.1, 0.15) is 55.4 Å². The highest BCUT2D eigenvalue weighted by molar-refractivity contribution is 7.10. The van der Waals surface area contributed by atoms with Gasteiger partial charge in [-0.15, -0.1) is 11.3 Å². The largest absolute Gasteiger partial charge is 0.393 e. The Morgan fingerprint density at radius 3 is 3.06 bits per heavy atom. The summed E-state index contributed by atoms with van der Waals surface area (Å²) in [5.74, 6) is 2.44. The van der Waals surface area contributed by atoms with Gasteiger partial charge in [-0.2, -0.15) is 0 Å². The van der Waals surface area contributed by atoms with Crippen LogP contribution in [0.15, 0.2) is 11.4 Å². The minimum absolute atomic E-state index is 0.0349. The van der Waals surface area contributed by atoms with Gasteiger partial charge in [0.1, 0.15) is 0 Å². The number of aliphatic hydroxyl groups excluding tert-OH is 1. The maximum Gasteiger partial charge on any atom is 0.0596 e. The van der Waals surface area contributed by atoms with Gasteiger partial charge in [0.2, 0.25) is 0 Å². The van der Waals surface area contributed by atoms with Crippen LogP contribution in [0, 0.1) is 17.3 Å². The van der Waals surface area contributed by atoms with Crippen LogP contribution in [-0.4, -0.2) is 11.2 Å². The van der Waals surface area contributed by atoms with Crippen LogP contribution in [0.25, 0.3) is 0 Å². The van der Waals surface area contributed by atoms with Gasteiger partial charge in [0, 0.05) is 4.88 Å². The Bertz CT molecular complexity index is 465. The Kier molecular flexibility index (Phi) is 2.44. The maximum absolute atomic E-state index is 10.3. The fourth-order valence-corrected chi connectivity index (χ4v) is 6.20. The van der Waals surface area contributed by atoms with E-state index in [0.717, 1.165) is 24.2 Å². The molecule has 0 aromatic carbocycles. The highest BCUT2D eigenvalue weighted by Gasteiger charge is 2.54. The Hall–Kier alpha value is -0.340. The predicted octanol–water partition coefficient (Wildman–Crippen LogP) is 3.97. The maximum atomic E-state index is 10.3. The first-order chi connectivity index (χ1) is 8.70. The smallest absolute Gasteiger partial charge is 0.0596 e. The quantitative estimate of drug-likeness (QED) is 0.750. The van der Waals surface area contributed by atoms with Crippen LogP contribution in [0.4, 0.5) is 0 Å². The summed E-state index contributed by atoms with van der Waals surface area (Å²) in [6, 6.07) is 2.38. The van der Waals surface area contributed by atoms with E-state index >= 15 is 0 Å². The van der Waals surface area contributed by atoms with Crippen molar-refractivity contribution in [1.29, 1.82) is 0 Å². The van der Waals surface area contributed by atoms with Crippen LogP contribution in [0.3, 0.4) is 0 Å². The van der Waals surface area contributed by atoms with Gasteiger partial charge in [0.05, 0.1) is 6.10 Å². The molecule has 3 aliphatic rings. The summed E-state index contributed by atoms with van der Waals surface area (Å²) in [6.07, 6.45) is 7.46. The van der Waals surface area contributed by atoms with Crippen molar-refractivity contribution >= 4 is 11.3 Å². The van der Waals surface area contributed by atoms with Crippen molar-refractivity contribution in [2.24, 2.45) is 17.3 Å². The van der Waals surface area contributed by atoms with Gasteiger partial charge >= 0.3 is 0 Å². The van der Waals surface area contributed by atoms with Crippen LogP contribution >= 0.6 is 11.3 Å². The zero-order valence-electron chi connectivity index (χ0n) is 11.1. The zero-order chi connectivity index (χ0) is 12.3. The molecule has 0 bridgehead atoms. The second-order valence-corrected chi connectivity index (χ2v) is 7.85. The number of rotatable bonds is 0. The lowest BCUT2D eigenvalue weighted by Gasteiger charge is -2.49. The molecule has 2 saturated carbocycles. The number of fused-ring (bicyclic) bond motifs is 5. The van der Waals surface area contributed by atoms with E-state index in [9.17, 15) is 5.11 Å². The lowest BCUT2D eigenvalue weighted by molar-refractivity contribution is -0.0223. The van der Waals surface area contributed by atoms with Gasteiger partial charge in [-0.3, -0.25) is 0 Å². The third-order valence-corrected chi connectivity index (χ3v) is 7.27. The van der Waals surface area contributed by atoms with E-state index in [1.165, 1.54) is 32.1 Å². The Labute approximate surface area is 113 Å². The molecule has 1 aromatic heterocycles. The molecule has 5 atom stereocenters. The lowest BCUT2D eigenvalue weighted by Crippen LogP contribution is -2.43. The summed E-state index contributed by atoms with van der Waals surface area (Å²) >= 11 is 1.96. The molecule has 3 aliphatic carbocycles. The van der Waals surface area contributed by atoms with Gasteiger partial charge in [0.15, 0.2) is 0 Å². The molecule has 1 aromatic rings. The lowest BCUT2D eigenvalue weighted by atomic mass is 9.56. The third-order valence-electron chi connectivity index (χ3n) is 6.27. The van der Waals surface area contributed by atoms with E-state index < -0.39 is 0 Å². The molecule has 0 unspecified atom stereocenters. The minimum atomic E-state index is -0.0349. The molecule has 2 heteroatoms. The third kappa shape index (κ3) is 1.36. The normalized spacial score (nSPS) is 46.3. The van der Waals surface area contributed by atoms with Crippen LogP contribution < -0.4 is 0 Å². The van der Waals surface area contributed by atoms with Crippen molar-refractivity contribution in [1.82, 2.24) is 0 Å². The minimum Gasteiger partial charge on any atom is -0.393 e. The first-order valence-corrected chi connectivity index (χ1v) is 8.32. The molecule has 0 saturated heterocycles. The molecule has 0 amide bonds. The van der Waals surface area contributed by atoms with Crippen molar-refractivity contribution in [3.63, 3.8) is 0 Å². The van der Waals surface area contributed by atoms with Crippen LogP contribution in [-0.2, 0) is 6.42 Å². The molecule has 2 fully saturated rings. The van der Waals surface area contributed by atoms with E-state index in [2.05, 4.69) is 18.4 Å².